The number of aromatic nitrogens is 2. The molecule has 118 valence electrons. The van der Waals surface area contributed by atoms with Gasteiger partial charge in [-0.05, 0) is 44.0 Å². The van der Waals surface area contributed by atoms with Crippen molar-refractivity contribution in [2.75, 3.05) is 10.6 Å². The second kappa shape index (κ2) is 7.06. The predicted molar refractivity (Wildman–Crippen MR) is 85.3 cm³/mol. The molecule has 6 heteroatoms. The summed E-state index contributed by atoms with van der Waals surface area (Å²) in [5.74, 6) is -0.530. The molecule has 0 fully saturated rings. The van der Waals surface area contributed by atoms with E-state index in [0.29, 0.717) is 24.2 Å². The van der Waals surface area contributed by atoms with Gasteiger partial charge in [-0.1, -0.05) is 0 Å². The summed E-state index contributed by atoms with van der Waals surface area (Å²) in [5.41, 5.74) is 2.17. The maximum atomic E-state index is 13.4. The number of benzene rings is 1. The van der Waals surface area contributed by atoms with E-state index in [1.54, 1.807) is 16.9 Å². The summed E-state index contributed by atoms with van der Waals surface area (Å²) in [4.78, 5) is 12.1. The first kappa shape index (κ1) is 16.0. The molecule has 1 aromatic carbocycles. The molecule has 22 heavy (non-hydrogen) atoms. The molecule has 2 N–H and O–H groups in total. The van der Waals surface area contributed by atoms with Crippen LogP contribution in [0.5, 0.6) is 0 Å². The van der Waals surface area contributed by atoms with Crippen LogP contribution in [0.1, 0.15) is 25.8 Å². The van der Waals surface area contributed by atoms with E-state index in [4.69, 9.17) is 0 Å². The average Bonchev–Trinajstić information content (AvgIpc) is 2.85. The van der Waals surface area contributed by atoms with Crippen LogP contribution in [-0.4, -0.2) is 21.7 Å². The van der Waals surface area contributed by atoms with Gasteiger partial charge in [0.25, 0.3) is 0 Å². The van der Waals surface area contributed by atoms with E-state index in [-0.39, 0.29) is 17.8 Å². The number of halogens is 1. The Kier molecular flexibility index (Phi) is 5.14. The fourth-order valence-electron chi connectivity index (χ4n) is 2.13. The third-order valence-corrected chi connectivity index (χ3v) is 3.10. The normalized spacial score (nSPS) is 10.8. The van der Waals surface area contributed by atoms with Gasteiger partial charge >= 0.3 is 0 Å². The van der Waals surface area contributed by atoms with Gasteiger partial charge in [-0.25, -0.2) is 4.39 Å². The van der Waals surface area contributed by atoms with Crippen LogP contribution in [0, 0.1) is 5.82 Å². The Morgan fingerprint density at radius 2 is 2.14 bits per heavy atom. The Hall–Kier alpha value is -2.37. The molecule has 0 saturated carbocycles. The molecule has 1 amide bonds. The minimum atomic E-state index is -0.378. The lowest BCUT2D eigenvalue weighted by Gasteiger charge is -2.15. The van der Waals surface area contributed by atoms with Crippen molar-refractivity contribution in [1.29, 1.82) is 0 Å². The molecule has 0 aliphatic heterocycles. The molecule has 5 nitrogen and oxygen atoms in total. The molecule has 0 spiro atoms. The Labute approximate surface area is 129 Å². The fraction of sp³-hybridized carbons (Fsp3) is 0.375. The maximum Gasteiger partial charge on any atom is 0.224 e. The second-order valence-electron chi connectivity index (χ2n) is 5.56. The van der Waals surface area contributed by atoms with Crippen LogP contribution >= 0.6 is 0 Å². The van der Waals surface area contributed by atoms with Crippen molar-refractivity contribution in [3.63, 3.8) is 0 Å². The summed E-state index contributed by atoms with van der Waals surface area (Å²) < 4.78 is 15.1. The Balaban J connectivity index is 1.99. The Morgan fingerprint density at radius 1 is 1.36 bits per heavy atom. The monoisotopic (exact) mass is 304 g/mol. The number of anilines is 2. The van der Waals surface area contributed by atoms with Crippen molar-refractivity contribution in [3.8, 4) is 0 Å². The topological polar surface area (TPSA) is 58.9 Å². The molecule has 0 bridgehead atoms. The molecule has 0 radical (unpaired) electrons. The summed E-state index contributed by atoms with van der Waals surface area (Å²) in [6.07, 6.45) is 4.54. The van der Waals surface area contributed by atoms with Gasteiger partial charge in [0.1, 0.15) is 5.82 Å². The highest BCUT2D eigenvalue weighted by atomic mass is 19.1. The lowest BCUT2D eigenvalue weighted by molar-refractivity contribution is -0.116. The van der Waals surface area contributed by atoms with Gasteiger partial charge in [0, 0.05) is 25.7 Å². The van der Waals surface area contributed by atoms with Crippen molar-refractivity contribution in [1.82, 2.24) is 9.78 Å². The van der Waals surface area contributed by atoms with Gasteiger partial charge in [-0.3, -0.25) is 9.48 Å². The second-order valence-corrected chi connectivity index (χ2v) is 5.56. The highest BCUT2D eigenvalue weighted by Gasteiger charge is 2.10. The molecule has 1 aromatic heterocycles. The Morgan fingerprint density at radius 3 is 2.77 bits per heavy atom. The van der Waals surface area contributed by atoms with Crippen LogP contribution in [0.2, 0.25) is 0 Å². The summed E-state index contributed by atoms with van der Waals surface area (Å²) >= 11 is 0. The summed E-state index contributed by atoms with van der Waals surface area (Å²) in [7, 11) is 1.83. The summed E-state index contributed by atoms with van der Waals surface area (Å²) in [6.45, 7) is 3.97. The van der Waals surface area contributed by atoms with Gasteiger partial charge in [-0.15, -0.1) is 0 Å². The number of hydrogen-bond donors (Lipinski definition) is 2. The smallest absolute Gasteiger partial charge is 0.224 e. The van der Waals surface area contributed by atoms with Crippen molar-refractivity contribution >= 4 is 17.3 Å². The van der Waals surface area contributed by atoms with E-state index < -0.39 is 0 Å². The third-order valence-electron chi connectivity index (χ3n) is 3.10. The van der Waals surface area contributed by atoms with Crippen LogP contribution in [0.25, 0.3) is 0 Å². The SMILES string of the molecule is CC(C)Nc1ccc(F)cc1NC(=O)CCc1cnn(C)c1. The molecule has 0 atom stereocenters. The number of hydrogen-bond acceptors (Lipinski definition) is 3. The zero-order valence-electron chi connectivity index (χ0n) is 13.1. The third kappa shape index (κ3) is 4.58. The standard InChI is InChI=1S/C16H21FN4O/c1-11(2)19-14-6-5-13(17)8-15(14)20-16(22)7-4-12-9-18-21(3)10-12/h5-6,8-11,19H,4,7H2,1-3H3,(H,20,22). The van der Waals surface area contributed by atoms with Crippen molar-refractivity contribution < 1.29 is 9.18 Å². The average molecular weight is 304 g/mol. The zero-order valence-corrected chi connectivity index (χ0v) is 13.1. The number of carbonyl (C=O) groups excluding carboxylic acids is 1. The van der Waals surface area contributed by atoms with Crippen LogP contribution in [0.3, 0.4) is 0 Å². The fourth-order valence-corrected chi connectivity index (χ4v) is 2.13. The van der Waals surface area contributed by atoms with E-state index >= 15 is 0 Å². The van der Waals surface area contributed by atoms with E-state index in [0.717, 1.165) is 5.56 Å². The van der Waals surface area contributed by atoms with E-state index in [9.17, 15) is 9.18 Å². The number of nitrogens with one attached hydrogen (secondary N) is 2. The van der Waals surface area contributed by atoms with E-state index in [1.807, 2.05) is 27.1 Å². The lowest BCUT2D eigenvalue weighted by Crippen LogP contribution is -2.16. The molecule has 2 rings (SSSR count). The molecule has 1 heterocycles. The first-order valence-electron chi connectivity index (χ1n) is 7.27. The van der Waals surface area contributed by atoms with Gasteiger partial charge in [0.15, 0.2) is 0 Å². The summed E-state index contributed by atoms with van der Waals surface area (Å²) in [6, 6.07) is 4.52. The van der Waals surface area contributed by atoms with Gasteiger partial charge in [0.05, 0.1) is 17.6 Å². The molecular weight excluding hydrogens is 283 g/mol. The number of aryl methyl sites for hydroxylation is 2. The molecule has 0 aliphatic carbocycles. The highest BCUT2D eigenvalue weighted by Crippen LogP contribution is 2.23. The van der Waals surface area contributed by atoms with E-state index in [2.05, 4.69) is 15.7 Å². The molecule has 2 aromatic rings. The molecule has 0 saturated heterocycles. The lowest BCUT2D eigenvalue weighted by atomic mass is 10.2. The van der Waals surface area contributed by atoms with Crippen LogP contribution in [0.15, 0.2) is 30.6 Å². The first-order chi connectivity index (χ1) is 10.4. The predicted octanol–water partition coefficient (Wildman–Crippen LogP) is 2.95. The van der Waals surface area contributed by atoms with Gasteiger partial charge < -0.3 is 10.6 Å². The minimum absolute atomic E-state index is 0.152. The van der Waals surface area contributed by atoms with Crippen LogP contribution in [-0.2, 0) is 18.3 Å². The first-order valence-corrected chi connectivity index (χ1v) is 7.27. The highest BCUT2D eigenvalue weighted by molar-refractivity contribution is 5.94. The van der Waals surface area contributed by atoms with Crippen molar-refractivity contribution in [2.24, 2.45) is 7.05 Å². The largest absolute Gasteiger partial charge is 0.381 e. The Bertz CT molecular complexity index is 651. The van der Waals surface area contributed by atoms with Gasteiger partial charge in [0.2, 0.25) is 5.91 Å². The minimum Gasteiger partial charge on any atom is -0.381 e. The number of rotatable bonds is 6. The van der Waals surface area contributed by atoms with E-state index in [1.165, 1.54) is 12.1 Å². The van der Waals surface area contributed by atoms with Crippen molar-refractivity contribution in [2.45, 2.75) is 32.7 Å². The van der Waals surface area contributed by atoms with Crippen molar-refractivity contribution in [3.05, 3.63) is 42.0 Å². The summed E-state index contributed by atoms with van der Waals surface area (Å²) in [5, 5.41) is 10.0. The molecular formula is C16H21FN4O. The maximum absolute atomic E-state index is 13.4. The van der Waals surface area contributed by atoms with Crippen LogP contribution in [0.4, 0.5) is 15.8 Å². The zero-order chi connectivity index (χ0) is 16.1. The number of amides is 1. The number of carbonyl (C=O) groups is 1. The van der Waals surface area contributed by atoms with Gasteiger partial charge in [-0.2, -0.15) is 5.10 Å². The quantitative estimate of drug-likeness (QED) is 0.862. The molecule has 0 unspecified atom stereocenters. The molecule has 0 aliphatic rings. The van der Waals surface area contributed by atoms with Crippen LogP contribution < -0.4 is 10.6 Å². The number of nitrogens with zero attached hydrogens (tertiary/aromatic N) is 2.